The summed E-state index contributed by atoms with van der Waals surface area (Å²) >= 11 is 1.61. The second-order valence-corrected chi connectivity index (χ2v) is 4.52. The third-order valence-corrected chi connectivity index (χ3v) is 3.28. The maximum atomic E-state index is 9.06. The van der Waals surface area contributed by atoms with E-state index < -0.39 is 0 Å². The molecule has 0 fully saturated rings. The van der Waals surface area contributed by atoms with Crippen molar-refractivity contribution in [1.82, 2.24) is 9.97 Å². The minimum Gasteiger partial charge on any atom is -0.423 e. The number of aliphatic hydroxyl groups excluding tert-OH is 1. The lowest BCUT2D eigenvalue weighted by atomic mass is 10.3. The predicted octanol–water partition coefficient (Wildman–Crippen LogP) is 2.79. The monoisotopic (exact) mass is 262 g/mol. The Morgan fingerprint density at radius 2 is 2.11 bits per heavy atom. The lowest BCUT2D eigenvalue weighted by Crippen LogP contribution is -1.98. The molecule has 2 rings (SSSR count). The maximum absolute atomic E-state index is 9.06. The molecule has 0 aliphatic heterocycles. The van der Waals surface area contributed by atoms with Gasteiger partial charge >= 0.3 is 6.01 Å². The lowest BCUT2D eigenvalue weighted by Gasteiger charge is -2.09. The van der Waals surface area contributed by atoms with Gasteiger partial charge in [0.1, 0.15) is 5.75 Å². The SMILES string of the molecule is CSc1ccccc1Oc1ncc(CO)c(C)n1. The third kappa shape index (κ3) is 2.80. The molecular formula is C13H14N2O2S. The van der Waals surface area contributed by atoms with Gasteiger partial charge in [-0.15, -0.1) is 11.8 Å². The lowest BCUT2D eigenvalue weighted by molar-refractivity contribution is 0.279. The first-order valence-corrected chi connectivity index (χ1v) is 6.71. The van der Waals surface area contributed by atoms with Crippen molar-refractivity contribution >= 4 is 11.8 Å². The number of hydrogen-bond acceptors (Lipinski definition) is 5. The van der Waals surface area contributed by atoms with E-state index in [9.17, 15) is 0 Å². The molecule has 18 heavy (non-hydrogen) atoms. The van der Waals surface area contributed by atoms with Crippen LogP contribution < -0.4 is 4.74 Å². The fourth-order valence-corrected chi connectivity index (χ4v) is 2.00. The van der Waals surface area contributed by atoms with Gasteiger partial charge in [-0.2, -0.15) is 4.98 Å². The van der Waals surface area contributed by atoms with E-state index in [2.05, 4.69) is 9.97 Å². The van der Waals surface area contributed by atoms with Crippen molar-refractivity contribution in [2.45, 2.75) is 18.4 Å². The van der Waals surface area contributed by atoms with Gasteiger partial charge in [0.25, 0.3) is 0 Å². The number of ether oxygens (including phenoxy) is 1. The molecule has 1 N–H and O–H groups in total. The van der Waals surface area contributed by atoms with Crippen molar-refractivity contribution in [3.8, 4) is 11.8 Å². The first-order chi connectivity index (χ1) is 8.74. The van der Waals surface area contributed by atoms with Crippen LogP contribution in [-0.4, -0.2) is 21.3 Å². The summed E-state index contributed by atoms with van der Waals surface area (Å²) < 4.78 is 5.66. The van der Waals surface area contributed by atoms with E-state index in [1.54, 1.807) is 18.0 Å². The van der Waals surface area contributed by atoms with Crippen LogP contribution in [0.1, 0.15) is 11.3 Å². The summed E-state index contributed by atoms with van der Waals surface area (Å²) in [5.74, 6) is 0.737. The van der Waals surface area contributed by atoms with Crippen molar-refractivity contribution in [2.24, 2.45) is 0 Å². The Balaban J connectivity index is 2.26. The Morgan fingerprint density at radius 3 is 2.78 bits per heavy atom. The molecule has 2 aromatic rings. The Labute approximate surface area is 110 Å². The van der Waals surface area contributed by atoms with Crippen LogP contribution in [0.2, 0.25) is 0 Å². The third-order valence-electron chi connectivity index (χ3n) is 2.50. The molecule has 0 amide bonds. The number of para-hydroxylation sites is 1. The molecule has 0 unspecified atom stereocenters. The van der Waals surface area contributed by atoms with Crippen LogP contribution in [0.25, 0.3) is 0 Å². The molecule has 0 atom stereocenters. The molecular weight excluding hydrogens is 248 g/mol. The van der Waals surface area contributed by atoms with Crippen molar-refractivity contribution in [3.63, 3.8) is 0 Å². The Morgan fingerprint density at radius 1 is 1.33 bits per heavy atom. The van der Waals surface area contributed by atoms with E-state index in [0.29, 0.717) is 11.6 Å². The highest BCUT2D eigenvalue weighted by atomic mass is 32.2. The number of nitrogens with zero attached hydrogens (tertiary/aromatic N) is 2. The molecule has 0 spiro atoms. The molecule has 4 nitrogen and oxygen atoms in total. The van der Waals surface area contributed by atoms with Crippen molar-refractivity contribution < 1.29 is 9.84 Å². The fourth-order valence-electron chi connectivity index (χ4n) is 1.48. The first-order valence-electron chi connectivity index (χ1n) is 5.49. The number of rotatable bonds is 4. The minimum absolute atomic E-state index is 0.0620. The summed E-state index contributed by atoms with van der Waals surface area (Å²) in [5, 5.41) is 9.06. The number of aliphatic hydroxyl groups is 1. The molecule has 0 aliphatic rings. The largest absolute Gasteiger partial charge is 0.423 e. The zero-order valence-corrected chi connectivity index (χ0v) is 11.1. The van der Waals surface area contributed by atoms with Gasteiger partial charge in [-0.1, -0.05) is 12.1 Å². The molecule has 0 radical (unpaired) electrons. The van der Waals surface area contributed by atoms with Crippen LogP contribution in [0.4, 0.5) is 0 Å². The standard InChI is InChI=1S/C13H14N2O2S/c1-9-10(8-16)7-14-13(15-9)17-11-5-3-4-6-12(11)18-2/h3-7,16H,8H2,1-2H3. The molecule has 0 saturated heterocycles. The number of aryl methyl sites for hydroxylation is 1. The van der Waals surface area contributed by atoms with Crippen LogP contribution in [0.3, 0.4) is 0 Å². The van der Waals surface area contributed by atoms with Crippen LogP contribution in [-0.2, 0) is 6.61 Å². The van der Waals surface area contributed by atoms with Crippen LogP contribution in [0.15, 0.2) is 35.4 Å². The van der Waals surface area contributed by atoms with Gasteiger partial charge in [0.15, 0.2) is 0 Å². The molecule has 0 aliphatic carbocycles. The Hall–Kier alpha value is -1.59. The summed E-state index contributed by atoms with van der Waals surface area (Å²) in [4.78, 5) is 9.32. The molecule has 94 valence electrons. The van der Waals surface area contributed by atoms with E-state index in [1.165, 1.54) is 0 Å². The fraction of sp³-hybridized carbons (Fsp3) is 0.231. The topological polar surface area (TPSA) is 55.2 Å². The summed E-state index contributed by atoms with van der Waals surface area (Å²) in [7, 11) is 0. The average molecular weight is 262 g/mol. The predicted molar refractivity (Wildman–Crippen MR) is 71.0 cm³/mol. The highest BCUT2D eigenvalue weighted by Gasteiger charge is 2.07. The van der Waals surface area contributed by atoms with Crippen LogP contribution in [0, 0.1) is 6.92 Å². The van der Waals surface area contributed by atoms with E-state index in [0.717, 1.165) is 16.3 Å². The van der Waals surface area contributed by atoms with Gasteiger partial charge in [-0.3, -0.25) is 0 Å². The molecule has 1 heterocycles. The Kier molecular flexibility index (Phi) is 4.17. The van der Waals surface area contributed by atoms with E-state index >= 15 is 0 Å². The summed E-state index contributed by atoms with van der Waals surface area (Å²) in [6.45, 7) is 1.76. The van der Waals surface area contributed by atoms with Crippen LogP contribution in [0.5, 0.6) is 11.8 Å². The summed E-state index contributed by atoms with van der Waals surface area (Å²) in [6, 6.07) is 8.02. The average Bonchev–Trinajstić information content (AvgIpc) is 2.39. The molecule has 0 saturated carbocycles. The van der Waals surface area contributed by atoms with Crippen molar-refractivity contribution in [3.05, 3.63) is 41.7 Å². The van der Waals surface area contributed by atoms with Crippen LogP contribution >= 0.6 is 11.8 Å². The molecule has 1 aromatic carbocycles. The van der Waals surface area contributed by atoms with Gasteiger partial charge in [-0.05, 0) is 25.3 Å². The molecule has 1 aromatic heterocycles. The first kappa shape index (κ1) is 12.9. The van der Waals surface area contributed by atoms with E-state index in [4.69, 9.17) is 9.84 Å². The summed E-state index contributed by atoms with van der Waals surface area (Å²) in [6.07, 6.45) is 3.57. The van der Waals surface area contributed by atoms with Crippen molar-refractivity contribution in [1.29, 1.82) is 0 Å². The smallest absolute Gasteiger partial charge is 0.322 e. The minimum atomic E-state index is -0.0620. The zero-order chi connectivity index (χ0) is 13.0. The number of thioether (sulfide) groups is 1. The van der Waals surface area contributed by atoms with Gasteiger partial charge < -0.3 is 9.84 Å². The van der Waals surface area contributed by atoms with Gasteiger partial charge in [-0.25, -0.2) is 4.98 Å². The quantitative estimate of drug-likeness (QED) is 0.859. The normalized spacial score (nSPS) is 10.4. The highest BCUT2D eigenvalue weighted by Crippen LogP contribution is 2.29. The molecule has 5 heteroatoms. The second kappa shape index (κ2) is 5.84. The van der Waals surface area contributed by atoms with Gasteiger partial charge in [0.05, 0.1) is 12.3 Å². The number of hydrogen-bond donors (Lipinski definition) is 1. The maximum Gasteiger partial charge on any atom is 0.322 e. The second-order valence-electron chi connectivity index (χ2n) is 3.67. The highest BCUT2D eigenvalue weighted by molar-refractivity contribution is 7.98. The zero-order valence-electron chi connectivity index (χ0n) is 10.3. The Bertz CT molecular complexity index is 546. The van der Waals surface area contributed by atoms with E-state index in [-0.39, 0.29) is 6.61 Å². The van der Waals surface area contributed by atoms with E-state index in [1.807, 2.05) is 37.4 Å². The van der Waals surface area contributed by atoms with Crippen molar-refractivity contribution in [2.75, 3.05) is 6.26 Å². The van der Waals surface area contributed by atoms with Gasteiger partial charge in [0, 0.05) is 16.7 Å². The summed E-state index contributed by atoms with van der Waals surface area (Å²) in [5.41, 5.74) is 1.43. The molecule has 0 bridgehead atoms. The van der Waals surface area contributed by atoms with Gasteiger partial charge in [0.2, 0.25) is 0 Å². The number of benzene rings is 1. The number of aromatic nitrogens is 2.